The molecule has 2 atom stereocenters. The zero-order valence-electron chi connectivity index (χ0n) is 12.8. The van der Waals surface area contributed by atoms with Crippen molar-refractivity contribution in [1.29, 1.82) is 0 Å². The van der Waals surface area contributed by atoms with Crippen LogP contribution in [-0.4, -0.2) is 47.5 Å². The second-order valence-electron chi connectivity index (χ2n) is 5.53. The van der Waals surface area contributed by atoms with E-state index in [1.54, 1.807) is 4.90 Å². The highest BCUT2D eigenvalue weighted by Gasteiger charge is 2.32. The van der Waals surface area contributed by atoms with Crippen molar-refractivity contribution >= 4 is 37.1 Å². The minimum Gasteiger partial charge on any atom is -0.467 e. The first-order valence-corrected chi connectivity index (χ1v) is 8.91. The van der Waals surface area contributed by atoms with Crippen LogP contribution < -0.4 is 0 Å². The molecule has 0 saturated carbocycles. The topological polar surface area (TPSA) is 46.6 Å². The molecule has 21 heavy (non-hydrogen) atoms. The number of ether oxygens (including phenoxy) is 1. The predicted octanol–water partition coefficient (Wildman–Crippen LogP) is 2.72. The summed E-state index contributed by atoms with van der Waals surface area (Å²) in [5.74, 6) is 0.643. The average molecular weight is 334 g/mol. The summed E-state index contributed by atoms with van der Waals surface area (Å²) < 4.78 is 4.80. The number of amides is 1. The van der Waals surface area contributed by atoms with Crippen LogP contribution in [0.4, 0.5) is 0 Å². The zero-order chi connectivity index (χ0) is 15.7. The minimum atomic E-state index is -0.377. The van der Waals surface area contributed by atoms with E-state index in [4.69, 9.17) is 4.74 Å². The van der Waals surface area contributed by atoms with Crippen LogP contribution in [0.25, 0.3) is 0 Å². The van der Waals surface area contributed by atoms with E-state index in [2.05, 4.69) is 25.3 Å². The number of carbonyl (C=O) groups excluding carboxylic acids is 2. The molecular weight excluding hydrogens is 306 g/mol. The third kappa shape index (κ3) is 6.51. The highest BCUT2D eigenvalue weighted by molar-refractivity contribution is 7.81. The number of hydrogen-bond acceptors (Lipinski definition) is 5. The van der Waals surface area contributed by atoms with Gasteiger partial charge in [0, 0.05) is 18.2 Å². The number of rotatable bonds is 8. The Labute approximate surface area is 138 Å². The second-order valence-corrected chi connectivity index (χ2v) is 6.71. The molecule has 0 spiro atoms. The maximum absolute atomic E-state index is 12.3. The fourth-order valence-electron chi connectivity index (χ4n) is 2.70. The predicted molar refractivity (Wildman–Crippen MR) is 91.1 cm³/mol. The van der Waals surface area contributed by atoms with Crippen LogP contribution in [0.3, 0.4) is 0 Å². The number of methoxy groups -OCH3 is 1. The standard InChI is InChI=1S/C15H27NO3S2/c1-19-15(18)13-7-4-5-10-16(13)14(17)8-3-2-6-12(21)9-11-20/h12-13,20-21H,2-11H2,1H3. The van der Waals surface area contributed by atoms with E-state index in [9.17, 15) is 9.59 Å². The number of esters is 1. The summed E-state index contributed by atoms with van der Waals surface area (Å²) in [5.41, 5.74) is 0. The van der Waals surface area contributed by atoms with E-state index >= 15 is 0 Å². The van der Waals surface area contributed by atoms with E-state index < -0.39 is 0 Å². The van der Waals surface area contributed by atoms with Crippen LogP contribution in [0, 0.1) is 0 Å². The highest BCUT2D eigenvalue weighted by Crippen LogP contribution is 2.20. The van der Waals surface area contributed by atoms with Crippen molar-refractivity contribution in [1.82, 2.24) is 4.90 Å². The molecule has 122 valence electrons. The Balaban J connectivity index is 2.33. The van der Waals surface area contributed by atoms with Crippen molar-refractivity contribution in [2.75, 3.05) is 19.4 Å². The van der Waals surface area contributed by atoms with Gasteiger partial charge in [-0.05, 0) is 44.3 Å². The lowest BCUT2D eigenvalue weighted by Gasteiger charge is -2.33. The molecule has 1 aliphatic heterocycles. The Hall–Kier alpha value is -0.360. The van der Waals surface area contributed by atoms with Gasteiger partial charge in [0.1, 0.15) is 6.04 Å². The quantitative estimate of drug-likeness (QED) is 0.408. The molecule has 1 heterocycles. The third-order valence-corrected chi connectivity index (χ3v) is 4.71. The largest absolute Gasteiger partial charge is 0.467 e. The summed E-state index contributed by atoms with van der Waals surface area (Å²) >= 11 is 8.68. The van der Waals surface area contributed by atoms with E-state index in [0.29, 0.717) is 18.2 Å². The van der Waals surface area contributed by atoms with Gasteiger partial charge in [0.2, 0.25) is 5.91 Å². The molecule has 0 aromatic carbocycles. The molecule has 0 radical (unpaired) electrons. The average Bonchev–Trinajstić information content (AvgIpc) is 2.50. The van der Waals surface area contributed by atoms with Gasteiger partial charge in [0.05, 0.1) is 7.11 Å². The molecule has 0 aliphatic carbocycles. The van der Waals surface area contributed by atoms with Gasteiger partial charge >= 0.3 is 5.97 Å². The van der Waals surface area contributed by atoms with Crippen LogP contribution >= 0.6 is 25.3 Å². The number of nitrogens with zero attached hydrogens (tertiary/aromatic N) is 1. The van der Waals surface area contributed by atoms with Crippen LogP contribution in [0.5, 0.6) is 0 Å². The molecule has 1 aliphatic rings. The minimum absolute atomic E-state index is 0.0787. The Kier molecular flexibility index (Phi) is 9.24. The normalized spacial score (nSPS) is 20.1. The molecule has 0 N–H and O–H groups in total. The third-order valence-electron chi connectivity index (χ3n) is 3.94. The fourth-order valence-corrected chi connectivity index (χ4v) is 3.53. The summed E-state index contributed by atoms with van der Waals surface area (Å²) in [5, 5.41) is 0.371. The molecule has 0 aromatic rings. The lowest BCUT2D eigenvalue weighted by molar-refractivity contribution is -0.154. The Bertz CT molecular complexity index is 339. The van der Waals surface area contributed by atoms with Crippen molar-refractivity contribution in [2.24, 2.45) is 0 Å². The van der Waals surface area contributed by atoms with Gasteiger partial charge in [-0.25, -0.2) is 4.79 Å². The van der Waals surface area contributed by atoms with Gasteiger partial charge in [0.15, 0.2) is 0 Å². The van der Waals surface area contributed by atoms with Crippen molar-refractivity contribution in [2.45, 2.75) is 62.7 Å². The number of carbonyl (C=O) groups is 2. The Morgan fingerprint density at radius 3 is 2.71 bits per heavy atom. The molecule has 2 unspecified atom stereocenters. The van der Waals surface area contributed by atoms with Gasteiger partial charge in [-0.15, -0.1) is 0 Å². The second kappa shape index (κ2) is 10.4. The van der Waals surface area contributed by atoms with Crippen molar-refractivity contribution in [3.63, 3.8) is 0 Å². The maximum Gasteiger partial charge on any atom is 0.328 e. The SMILES string of the molecule is COC(=O)C1CCCCN1C(=O)CCCCC(S)CCS. The first-order chi connectivity index (χ1) is 10.1. The zero-order valence-corrected chi connectivity index (χ0v) is 14.6. The molecule has 6 heteroatoms. The number of hydrogen-bond donors (Lipinski definition) is 2. The summed E-state index contributed by atoms with van der Waals surface area (Å²) in [6.07, 6.45) is 7.04. The first kappa shape index (κ1) is 18.7. The first-order valence-electron chi connectivity index (χ1n) is 7.76. The van der Waals surface area contributed by atoms with Crippen LogP contribution in [0.15, 0.2) is 0 Å². The summed E-state index contributed by atoms with van der Waals surface area (Å²) in [7, 11) is 1.38. The molecule has 1 fully saturated rings. The lowest BCUT2D eigenvalue weighted by Crippen LogP contribution is -2.48. The summed E-state index contributed by atoms with van der Waals surface area (Å²) in [6.45, 7) is 0.674. The van der Waals surface area contributed by atoms with E-state index in [1.165, 1.54) is 7.11 Å². The van der Waals surface area contributed by atoms with Gasteiger partial charge < -0.3 is 9.64 Å². The molecule has 1 amide bonds. The lowest BCUT2D eigenvalue weighted by atomic mass is 10.0. The molecular formula is C15H27NO3S2. The van der Waals surface area contributed by atoms with Gasteiger partial charge in [0.25, 0.3) is 0 Å². The highest BCUT2D eigenvalue weighted by atomic mass is 32.1. The number of thiol groups is 2. The number of unbranched alkanes of at least 4 members (excludes halogenated alkanes) is 1. The van der Waals surface area contributed by atoms with Crippen molar-refractivity contribution < 1.29 is 14.3 Å². The maximum atomic E-state index is 12.3. The van der Waals surface area contributed by atoms with E-state index in [-0.39, 0.29) is 17.9 Å². The van der Waals surface area contributed by atoms with Crippen molar-refractivity contribution in [3.8, 4) is 0 Å². The van der Waals surface area contributed by atoms with Gasteiger partial charge in [-0.1, -0.05) is 6.42 Å². The van der Waals surface area contributed by atoms with Crippen LogP contribution in [-0.2, 0) is 14.3 Å². The molecule has 1 saturated heterocycles. The van der Waals surface area contributed by atoms with Crippen LogP contribution in [0.1, 0.15) is 51.4 Å². The van der Waals surface area contributed by atoms with Gasteiger partial charge in [-0.3, -0.25) is 4.79 Å². The van der Waals surface area contributed by atoms with Crippen molar-refractivity contribution in [3.05, 3.63) is 0 Å². The van der Waals surface area contributed by atoms with E-state index in [0.717, 1.165) is 50.7 Å². The Morgan fingerprint density at radius 2 is 2.05 bits per heavy atom. The summed E-state index contributed by atoms with van der Waals surface area (Å²) in [6, 6.07) is -0.377. The number of likely N-dealkylation sites (tertiary alicyclic amines) is 1. The molecule has 4 nitrogen and oxygen atoms in total. The van der Waals surface area contributed by atoms with E-state index in [1.807, 2.05) is 0 Å². The van der Waals surface area contributed by atoms with Crippen LogP contribution in [0.2, 0.25) is 0 Å². The van der Waals surface area contributed by atoms with Gasteiger partial charge in [-0.2, -0.15) is 25.3 Å². The molecule has 0 aromatic heterocycles. The monoisotopic (exact) mass is 333 g/mol. The Morgan fingerprint density at radius 1 is 1.29 bits per heavy atom. The summed E-state index contributed by atoms with van der Waals surface area (Å²) in [4.78, 5) is 25.7. The smallest absolute Gasteiger partial charge is 0.328 e. The fraction of sp³-hybridized carbons (Fsp3) is 0.867. The molecule has 0 bridgehead atoms. The number of piperidine rings is 1. The molecule has 1 rings (SSSR count).